The fraction of sp³-hybridized carbons (Fsp3) is 0.143. The lowest BCUT2D eigenvalue weighted by Gasteiger charge is -2.09. The summed E-state index contributed by atoms with van der Waals surface area (Å²) in [6.45, 7) is 3.67. The van der Waals surface area contributed by atoms with Crippen molar-refractivity contribution >= 4 is 23.6 Å². The van der Waals surface area contributed by atoms with Gasteiger partial charge in [-0.3, -0.25) is 0 Å². The van der Waals surface area contributed by atoms with Gasteiger partial charge in [0.2, 0.25) is 5.96 Å². The number of nitrogens with zero attached hydrogens (tertiary/aromatic N) is 4. The average Bonchev–Trinajstić information content (AvgIpc) is 2.76. The Balaban J connectivity index is 2.54. The van der Waals surface area contributed by atoms with Gasteiger partial charge in [0.25, 0.3) is 0 Å². The van der Waals surface area contributed by atoms with Gasteiger partial charge in [-0.15, -0.1) is 0 Å². The molecule has 0 unspecified atom stereocenters. The van der Waals surface area contributed by atoms with Gasteiger partial charge in [-0.25, -0.2) is 14.5 Å². The summed E-state index contributed by atoms with van der Waals surface area (Å²) in [6, 6.07) is 6.44. The minimum absolute atomic E-state index is 0.0370. The molecule has 0 aliphatic rings. The number of aryl methyl sites for hydroxylation is 2. The van der Waals surface area contributed by atoms with Crippen molar-refractivity contribution in [2.24, 2.45) is 27.2 Å². The highest BCUT2D eigenvalue weighted by Crippen LogP contribution is 2.23. The van der Waals surface area contributed by atoms with Crippen molar-refractivity contribution in [2.45, 2.75) is 13.8 Å². The molecule has 2 aromatic rings. The molecule has 0 aliphatic carbocycles. The zero-order chi connectivity index (χ0) is 17.1. The first-order valence-electron chi connectivity index (χ1n) is 6.62. The van der Waals surface area contributed by atoms with Crippen LogP contribution in [0.2, 0.25) is 0 Å². The van der Waals surface area contributed by atoms with Gasteiger partial charge in [0.15, 0.2) is 5.96 Å². The zero-order valence-electron chi connectivity index (χ0n) is 12.7. The van der Waals surface area contributed by atoms with E-state index in [1.54, 1.807) is 16.8 Å². The van der Waals surface area contributed by atoms with Crippen molar-refractivity contribution in [1.29, 1.82) is 0 Å². The molecule has 0 spiro atoms. The summed E-state index contributed by atoms with van der Waals surface area (Å²) in [5.74, 6) is -1.51. The summed E-state index contributed by atoms with van der Waals surface area (Å²) in [6.07, 6.45) is 0. The zero-order valence-corrected chi connectivity index (χ0v) is 12.7. The number of aromatic nitrogens is 2. The van der Waals surface area contributed by atoms with Crippen LogP contribution in [0.3, 0.4) is 0 Å². The quantitative estimate of drug-likeness (QED) is 0.474. The van der Waals surface area contributed by atoms with Crippen LogP contribution in [0.5, 0.6) is 0 Å². The minimum atomic E-state index is -1.11. The summed E-state index contributed by atoms with van der Waals surface area (Å²) < 4.78 is 1.56. The van der Waals surface area contributed by atoms with Crippen molar-refractivity contribution in [3.63, 3.8) is 0 Å². The largest absolute Gasteiger partial charge is 0.478 e. The number of nitrogens with two attached hydrogens (primary N) is 3. The van der Waals surface area contributed by atoms with E-state index < -0.39 is 5.97 Å². The van der Waals surface area contributed by atoms with Gasteiger partial charge in [0.05, 0.1) is 22.6 Å². The smallest absolute Gasteiger partial charge is 0.337 e. The lowest BCUT2D eigenvalue weighted by atomic mass is 10.1. The van der Waals surface area contributed by atoms with E-state index in [9.17, 15) is 9.90 Å². The number of aromatic carboxylic acids is 1. The van der Waals surface area contributed by atoms with E-state index in [1.165, 1.54) is 6.07 Å². The Morgan fingerprint density at radius 2 is 1.91 bits per heavy atom. The molecular weight excluding hydrogens is 298 g/mol. The van der Waals surface area contributed by atoms with Gasteiger partial charge in [0, 0.05) is 5.69 Å². The van der Waals surface area contributed by atoms with Crippen LogP contribution in [0.4, 0.5) is 5.69 Å². The number of carboxylic acid groups (broad SMARTS) is 1. The van der Waals surface area contributed by atoms with E-state index >= 15 is 0 Å². The standard InChI is InChI=1S/C14H17N7O2/c1-7-5-8(2)21(20-7)11-4-3-9(6-10(11)12(22)23)18-14(17)19-13(15)16/h3-6H,1-2H3,(H,22,23)(H6,15,16,17,18,19). The van der Waals surface area contributed by atoms with E-state index in [-0.39, 0.29) is 17.5 Å². The van der Waals surface area contributed by atoms with Crippen LogP contribution >= 0.6 is 0 Å². The minimum Gasteiger partial charge on any atom is -0.478 e. The van der Waals surface area contributed by atoms with Crippen LogP contribution in [0.1, 0.15) is 21.7 Å². The first kappa shape index (κ1) is 16.0. The highest BCUT2D eigenvalue weighted by Gasteiger charge is 2.15. The van der Waals surface area contributed by atoms with Gasteiger partial charge in [-0.05, 0) is 38.1 Å². The Kier molecular flexibility index (Phi) is 4.30. The molecule has 0 saturated heterocycles. The number of carbonyl (C=O) groups is 1. The summed E-state index contributed by atoms with van der Waals surface area (Å²) in [7, 11) is 0. The van der Waals surface area contributed by atoms with E-state index in [1.807, 2.05) is 19.9 Å². The normalized spacial score (nSPS) is 11.3. The lowest BCUT2D eigenvalue weighted by Crippen LogP contribution is -2.26. The molecule has 1 heterocycles. The summed E-state index contributed by atoms with van der Waals surface area (Å²) >= 11 is 0. The number of carboxylic acids is 1. The first-order chi connectivity index (χ1) is 10.8. The van der Waals surface area contributed by atoms with E-state index in [4.69, 9.17) is 17.2 Å². The molecule has 9 heteroatoms. The predicted molar refractivity (Wildman–Crippen MR) is 87.1 cm³/mol. The third-order valence-electron chi connectivity index (χ3n) is 2.94. The molecule has 0 atom stereocenters. The topological polar surface area (TPSA) is 158 Å². The molecule has 1 aromatic heterocycles. The maximum atomic E-state index is 11.5. The Bertz CT molecular complexity index is 817. The highest BCUT2D eigenvalue weighted by molar-refractivity contribution is 5.95. The predicted octanol–water partition coefficient (Wildman–Crippen LogP) is 0.407. The molecule has 1 aromatic carbocycles. The van der Waals surface area contributed by atoms with Crippen molar-refractivity contribution in [1.82, 2.24) is 9.78 Å². The van der Waals surface area contributed by atoms with E-state index in [2.05, 4.69) is 15.1 Å². The van der Waals surface area contributed by atoms with Gasteiger partial charge in [-0.1, -0.05) is 0 Å². The second-order valence-electron chi connectivity index (χ2n) is 4.85. The fourth-order valence-electron chi connectivity index (χ4n) is 2.11. The molecule has 0 saturated carbocycles. The molecule has 7 N–H and O–H groups in total. The van der Waals surface area contributed by atoms with Crippen molar-refractivity contribution in [3.05, 3.63) is 41.2 Å². The molecule has 0 radical (unpaired) electrons. The Morgan fingerprint density at radius 1 is 1.22 bits per heavy atom. The number of aliphatic imine (C=N–C) groups is 2. The van der Waals surface area contributed by atoms with Gasteiger partial charge in [-0.2, -0.15) is 10.1 Å². The van der Waals surface area contributed by atoms with Gasteiger partial charge < -0.3 is 22.3 Å². The number of guanidine groups is 2. The number of rotatable bonds is 3. The molecule has 23 heavy (non-hydrogen) atoms. The summed E-state index contributed by atoms with van der Waals surface area (Å²) in [5, 5.41) is 13.7. The van der Waals surface area contributed by atoms with E-state index in [0.29, 0.717) is 11.4 Å². The maximum absolute atomic E-state index is 11.5. The average molecular weight is 315 g/mol. The number of hydrogen-bond acceptors (Lipinski definition) is 3. The molecule has 2 rings (SSSR count). The van der Waals surface area contributed by atoms with Crippen LogP contribution in [0, 0.1) is 13.8 Å². The van der Waals surface area contributed by atoms with Crippen LogP contribution in [-0.2, 0) is 0 Å². The molecule has 0 amide bonds. The summed E-state index contributed by atoms with van der Waals surface area (Å²) in [5.41, 5.74) is 18.4. The first-order valence-corrected chi connectivity index (χ1v) is 6.62. The van der Waals surface area contributed by atoms with Gasteiger partial charge >= 0.3 is 5.97 Å². The van der Waals surface area contributed by atoms with Crippen molar-refractivity contribution in [2.75, 3.05) is 0 Å². The SMILES string of the molecule is Cc1cc(C)n(-c2ccc(N=C(N)N=C(N)N)cc2C(=O)O)n1. The number of benzene rings is 1. The molecule has 120 valence electrons. The molecular formula is C14H17N7O2. The molecule has 0 bridgehead atoms. The highest BCUT2D eigenvalue weighted by atomic mass is 16.4. The van der Waals surface area contributed by atoms with Gasteiger partial charge in [0.1, 0.15) is 0 Å². The van der Waals surface area contributed by atoms with E-state index in [0.717, 1.165) is 11.4 Å². The number of hydrogen-bond donors (Lipinski definition) is 4. The third-order valence-corrected chi connectivity index (χ3v) is 2.94. The third kappa shape index (κ3) is 3.64. The molecule has 9 nitrogen and oxygen atoms in total. The molecule has 0 aliphatic heterocycles. The van der Waals surface area contributed by atoms with Crippen LogP contribution in [-0.4, -0.2) is 32.8 Å². The Hall–Kier alpha value is -3.36. The molecule has 0 fully saturated rings. The Morgan fingerprint density at radius 3 is 2.43 bits per heavy atom. The van der Waals surface area contributed by atoms with Crippen LogP contribution in [0.15, 0.2) is 34.3 Å². The van der Waals surface area contributed by atoms with Crippen molar-refractivity contribution < 1.29 is 9.90 Å². The summed E-state index contributed by atoms with van der Waals surface area (Å²) in [4.78, 5) is 19.1. The monoisotopic (exact) mass is 315 g/mol. The second kappa shape index (κ2) is 6.18. The second-order valence-corrected chi connectivity index (χ2v) is 4.85. The lowest BCUT2D eigenvalue weighted by molar-refractivity contribution is 0.0696. The van der Waals surface area contributed by atoms with Crippen LogP contribution in [0.25, 0.3) is 5.69 Å². The van der Waals surface area contributed by atoms with Crippen molar-refractivity contribution in [3.8, 4) is 5.69 Å². The fourth-order valence-corrected chi connectivity index (χ4v) is 2.11. The Labute approximate surface area is 132 Å². The van der Waals surface area contributed by atoms with Crippen LogP contribution < -0.4 is 17.2 Å². The maximum Gasteiger partial charge on any atom is 0.337 e.